The standard InChI is InChI=1S/C17H13N3O2/c1-22-17(21)15-14(12-8-4-2-5-9-12)18-16(20-19-15)13-10-6-3-7-11-13/h2-11H,1H3. The molecule has 1 heterocycles. The first-order valence-corrected chi connectivity index (χ1v) is 6.73. The lowest BCUT2D eigenvalue weighted by Crippen LogP contribution is -2.10. The maximum atomic E-state index is 11.9. The van der Waals surface area contributed by atoms with Gasteiger partial charge in [0.1, 0.15) is 5.69 Å². The predicted octanol–water partition coefficient (Wildman–Crippen LogP) is 2.99. The number of carbonyl (C=O) groups is 1. The summed E-state index contributed by atoms with van der Waals surface area (Å²) in [6.07, 6.45) is 0. The molecule has 5 nitrogen and oxygen atoms in total. The van der Waals surface area contributed by atoms with Gasteiger partial charge in [-0.3, -0.25) is 0 Å². The van der Waals surface area contributed by atoms with Gasteiger partial charge in [0.25, 0.3) is 0 Å². The van der Waals surface area contributed by atoms with Gasteiger partial charge in [-0.15, -0.1) is 10.2 Å². The van der Waals surface area contributed by atoms with E-state index in [0.29, 0.717) is 11.5 Å². The van der Waals surface area contributed by atoms with Gasteiger partial charge in [-0.1, -0.05) is 60.7 Å². The van der Waals surface area contributed by atoms with Gasteiger partial charge in [0.2, 0.25) is 0 Å². The van der Waals surface area contributed by atoms with Crippen molar-refractivity contribution < 1.29 is 9.53 Å². The normalized spacial score (nSPS) is 10.2. The van der Waals surface area contributed by atoms with E-state index in [4.69, 9.17) is 4.74 Å². The van der Waals surface area contributed by atoms with Crippen LogP contribution in [-0.2, 0) is 4.74 Å². The molecule has 3 aromatic rings. The van der Waals surface area contributed by atoms with Gasteiger partial charge in [-0.25, -0.2) is 9.78 Å². The van der Waals surface area contributed by atoms with Crippen LogP contribution in [0.15, 0.2) is 60.7 Å². The average Bonchev–Trinajstić information content (AvgIpc) is 2.62. The van der Waals surface area contributed by atoms with E-state index in [9.17, 15) is 4.79 Å². The highest BCUT2D eigenvalue weighted by Gasteiger charge is 2.19. The Morgan fingerprint density at radius 1 is 0.864 bits per heavy atom. The molecule has 0 spiro atoms. The number of hydrogen-bond donors (Lipinski definition) is 0. The fourth-order valence-electron chi connectivity index (χ4n) is 2.07. The molecule has 108 valence electrons. The van der Waals surface area contributed by atoms with Crippen LogP contribution in [0.4, 0.5) is 0 Å². The summed E-state index contributed by atoms with van der Waals surface area (Å²) in [6.45, 7) is 0. The molecule has 1 aromatic heterocycles. The fraction of sp³-hybridized carbons (Fsp3) is 0.0588. The van der Waals surface area contributed by atoms with Crippen molar-refractivity contribution in [2.24, 2.45) is 0 Å². The van der Waals surface area contributed by atoms with Crippen molar-refractivity contribution in [1.82, 2.24) is 15.2 Å². The van der Waals surface area contributed by atoms with E-state index in [0.717, 1.165) is 11.1 Å². The van der Waals surface area contributed by atoms with E-state index in [-0.39, 0.29) is 5.69 Å². The minimum Gasteiger partial charge on any atom is -0.464 e. The van der Waals surface area contributed by atoms with Gasteiger partial charge in [-0.05, 0) is 0 Å². The quantitative estimate of drug-likeness (QED) is 0.694. The fourth-order valence-corrected chi connectivity index (χ4v) is 2.07. The number of ether oxygens (including phenoxy) is 1. The van der Waals surface area contributed by atoms with Crippen LogP contribution in [-0.4, -0.2) is 28.3 Å². The Morgan fingerprint density at radius 2 is 1.45 bits per heavy atom. The highest BCUT2D eigenvalue weighted by atomic mass is 16.5. The summed E-state index contributed by atoms with van der Waals surface area (Å²) in [7, 11) is 1.31. The molecular weight excluding hydrogens is 278 g/mol. The predicted molar refractivity (Wildman–Crippen MR) is 82.0 cm³/mol. The molecule has 0 saturated heterocycles. The lowest BCUT2D eigenvalue weighted by atomic mass is 10.1. The van der Waals surface area contributed by atoms with Crippen LogP contribution >= 0.6 is 0 Å². The van der Waals surface area contributed by atoms with E-state index in [1.807, 2.05) is 60.7 Å². The van der Waals surface area contributed by atoms with Gasteiger partial charge < -0.3 is 4.74 Å². The summed E-state index contributed by atoms with van der Waals surface area (Å²) < 4.78 is 4.76. The van der Waals surface area contributed by atoms with Crippen LogP contribution in [0.2, 0.25) is 0 Å². The molecule has 22 heavy (non-hydrogen) atoms. The van der Waals surface area contributed by atoms with E-state index < -0.39 is 5.97 Å². The van der Waals surface area contributed by atoms with Gasteiger partial charge >= 0.3 is 5.97 Å². The number of carbonyl (C=O) groups excluding carboxylic acids is 1. The molecule has 5 heteroatoms. The first kappa shape index (κ1) is 13.9. The molecule has 0 atom stereocenters. The number of methoxy groups -OCH3 is 1. The molecule has 0 N–H and O–H groups in total. The Hall–Kier alpha value is -3.08. The molecule has 0 aliphatic carbocycles. The number of esters is 1. The lowest BCUT2D eigenvalue weighted by molar-refractivity contribution is 0.0593. The van der Waals surface area contributed by atoms with Crippen molar-refractivity contribution in [3.05, 3.63) is 66.4 Å². The zero-order valence-electron chi connectivity index (χ0n) is 11.9. The molecular formula is C17H13N3O2. The van der Waals surface area contributed by atoms with Crippen molar-refractivity contribution >= 4 is 5.97 Å². The zero-order chi connectivity index (χ0) is 15.4. The van der Waals surface area contributed by atoms with Crippen LogP contribution in [0.1, 0.15) is 10.5 Å². The summed E-state index contributed by atoms with van der Waals surface area (Å²) in [5.41, 5.74) is 2.19. The number of hydrogen-bond acceptors (Lipinski definition) is 5. The van der Waals surface area contributed by atoms with Gasteiger partial charge in [-0.2, -0.15) is 0 Å². The molecule has 0 aliphatic rings. The summed E-state index contributed by atoms with van der Waals surface area (Å²) >= 11 is 0. The third-order valence-corrected chi connectivity index (χ3v) is 3.14. The summed E-state index contributed by atoms with van der Waals surface area (Å²) in [5.74, 6) is -0.0921. The number of rotatable bonds is 3. The van der Waals surface area contributed by atoms with E-state index >= 15 is 0 Å². The topological polar surface area (TPSA) is 65.0 Å². The summed E-state index contributed by atoms with van der Waals surface area (Å²) in [5, 5.41) is 8.06. The first-order valence-electron chi connectivity index (χ1n) is 6.73. The average molecular weight is 291 g/mol. The summed E-state index contributed by atoms with van der Waals surface area (Å²) in [6, 6.07) is 18.9. The second-order valence-corrected chi connectivity index (χ2v) is 4.56. The van der Waals surface area contributed by atoms with Crippen LogP contribution in [0, 0.1) is 0 Å². The van der Waals surface area contributed by atoms with Crippen LogP contribution in [0.3, 0.4) is 0 Å². The van der Waals surface area contributed by atoms with Gasteiger partial charge in [0, 0.05) is 11.1 Å². The summed E-state index contributed by atoms with van der Waals surface area (Å²) in [4.78, 5) is 16.4. The van der Waals surface area contributed by atoms with Crippen molar-refractivity contribution in [1.29, 1.82) is 0 Å². The Kier molecular flexibility index (Phi) is 3.87. The molecule has 0 radical (unpaired) electrons. The van der Waals surface area contributed by atoms with E-state index in [1.165, 1.54) is 7.11 Å². The third kappa shape index (κ3) is 2.69. The maximum Gasteiger partial charge on any atom is 0.360 e. The van der Waals surface area contributed by atoms with Crippen LogP contribution in [0.25, 0.3) is 22.6 Å². The van der Waals surface area contributed by atoms with Crippen LogP contribution < -0.4 is 0 Å². The first-order chi connectivity index (χ1) is 10.8. The largest absolute Gasteiger partial charge is 0.464 e. The second kappa shape index (κ2) is 6.13. The Balaban J connectivity index is 2.17. The Morgan fingerprint density at radius 3 is 2.05 bits per heavy atom. The maximum absolute atomic E-state index is 11.9. The van der Waals surface area contributed by atoms with Crippen LogP contribution in [0.5, 0.6) is 0 Å². The molecule has 0 bridgehead atoms. The van der Waals surface area contributed by atoms with E-state index in [1.54, 1.807) is 0 Å². The minimum absolute atomic E-state index is 0.105. The smallest absolute Gasteiger partial charge is 0.360 e. The van der Waals surface area contributed by atoms with Crippen molar-refractivity contribution in [2.45, 2.75) is 0 Å². The van der Waals surface area contributed by atoms with Crippen molar-refractivity contribution in [3.8, 4) is 22.6 Å². The highest BCUT2D eigenvalue weighted by Crippen LogP contribution is 2.23. The molecule has 3 rings (SSSR count). The number of benzene rings is 2. The number of aromatic nitrogens is 3. The molecule has 0 saturated carbocycles. The minimum atomic E-state index is -0.557. The number of nitrogens with zero attached hydrogens (tertiary/aromatic N) is 3. The lowest BCUT2D eigenvalue weighted by Gasteiger charge is -2.07. The van der Waals surface area contributed by atoms with E-state index in [2.05, 4.69) is 15.2 Å². The Bertz CT molecular complexity index is 790. The molecule has 0 amide bonds. The zero-order valence-corrected chi connectivity index (χ0v) is 11.9. The van der Waals surface area contributed by atoms with Gasteiger partial charge in [0.15, 0.2) is 11.5 Å². The highest BCUT2D eigenvalue weighted by molar-refractivity contribution is 5.94. The third-order valence-electron chi connectivity index (χ3n) is 3.14. The van der Waals surface area contributed by atoms with Gasteiger partial charge in [0.05, 0.1) is 7.11 Å². The molecule has 2 aromatic carbocycles. The molecule has 0 aliphatic heterocycles. The monoisotopic (exact) mass is 291 g/mol. The van der Waals surface area contributed by atoms with Crippen molar-refractivity contribution in [2.75, 3.05) is 7.11 Å². The molecule has 0 fully saturated rings. The van der Waals surface area contributed by atoms with Crippen molar-refractivity contribution in [3.63, 3.8) is 0 Å². The second-order valence-electron chi connectivity index (χ2n) is 4.56. The Labute approximate surface area is 127 Å². The molecule has 0 unspecified atom stereocenters. The SMILES string of the molecule is COC(=O)c1nnc(-c2ccccc2)nc1-c1ccccc1.